The number of anilines is 1. The van der Waals surface area contributed by atoms with E-state index in [9.17, 15) is 9.59 Å². The minimum Gasteiger partial charge on any atom is -0.483 e. The molecule has 116 valence electrons. The SMILES string of the molecule is CCOC(=O)c1ccsc1NC(=O)COc1ccccc1Br. The molecule has 0 radical (unpaired) electrons. The first-order valence-corrected chi connectivity index (χ1v) is 8.21. The maximum absolute atomic E-state index is 11.9. The molecular formula is C15H14BrNO4S. The second-order valence-electron chi connectivity index (χ2n) is 4.15. The van der Waals surface area contributed by atoms with Crippen LogP contribution in [0, 0.1) is 0 Å². The Morgan fingerprint density at radius 1 is 1.27 bits per heavy atom. The van der Waals surface area contributed by atoms with Crippen LogP contribution in [0.4, 0.5) is 5.00 Å². The third-order valence-electron chi connectivity index (χ3n) is 2.61. The summed E-state index contributed by atoms with van der Waals surface area (Å²) in [5, 5.41) is 4.83. The number of carbonyl (C=O) groups is 2. The van der Waals surface area contributed by atoms with Gasteiger partial charge in [0.15, 0.2) is 6.61 Å². The monoisotopic (exact) mass is 383 g/mol. The average molecular weight is 384 g/mol. The van der Waals surface area contributed by atoms with Crippen LogP contribution in [0.3, 0.4) is 0 Å². The van der Waals surface area contributed by atoms with E-state index in [0.717, 1.165) is 4.47 Å². The van der Waals surface area contributed by atoms with Crippen molar-refractivity contribution in [2.45, 2.75) is 6.92 Å². The van der Waals surface area contributed by atoms with Crippen LogP contribution in [-0.2, 0) is 9.53 Å². The zero-order chi connectivity index (χ0) is 15.9. The van der Waals surface area contributed by atoms with E-state index >= 15 is 0 Å². The average Bonchev–Trinajstić information content (AvgIpc) is 2.95. The number of benzene rings is 1. The Kier molecular flexibility index (Phi) is 5.97. The molecule has 1 heterocycles. The van der Waals surface area contributed by atoms with Gasteiger partial charge in [0.05, 0.1) is 16.6 Å². The lowest BCUT2D eigenvalue weighted by Gasteiger charge is -2.09. The van der Waals surface area contributed by atoms with Gasteiger partial charge in [-0.25, -0.2) is 4.79 Å². The lowest BCUT2D eigenvalue weighted by molar-refractivity contribution is -0.118. The Labute approximate surface area is 140 Å². The number of para-hydroxylation sites is 1. The molecule has 7 heteroatoms. The number of amides is 1. The van der Waals surface area contributed by atoms with Gasteiger partial charge in [0.1, 0.15) is 10.8 Å². The Bertz CT molecular complexity index is 671. The summed E-state index contributed by atoms with van der Waals surface area (Å²) in [6.07, 6.45) is 0. The van der Waals surface area contributed by atoms with Crippen molar-refractivity contribution in [2.24, 2.45) is 0 Å². The minimum atomic E-state index is -0.453. The van der Waals surface area contributed by atoms with Gasteiger partial charge in [0.2, 0.25) is 0 Å². The first kappa shape index (κ1) is 16.5. The first-order chi connectivity index (χ1) is 10.6. The summed E-state index contributed by atoms with van der Waals surface area (Å²) in [7, 11) is 0. The normalized spacial score (nSPS) is 10.1. The number of nitrogens with one attached hydrogen (secondary N) is 1. The fraction of sp³-hybridized carbons (Fsp3) is 0.200. The number of hydrogen-bond donors (Lipinski definition) is 1. The van der Waals surface area contributed by atoms with Gasteiger partial charge in [-0.1, -0.05) is 12.1 Å². The highest BCUT2D eigenvalue weighted by atomic mass is 79.9. The van der Waals surface area contributed by atoms with Crippen LogP contribution in [0.1, 0.15) is 17.3 Å². The van der Waals surface area contributed by atoms with Gasteiger partial charge in [-0.05, 0) is 46.4 Å². The molecule has 0 saturated carbocycles. The summed E-state index contributed by atoms with van der Waals surface area (Å²) in [5.41, 5.74) is 0.348. The largest absolute Gasteiger partial charge is 0.483 e. The van der Waals surface area contributed by atoms with Gasteiger partial charge in [0, 0.05) is 0 Å². The smallest absolute Gasteiger partial charge is 0.341 e. The summed E-state index contributed by atoms with van der Waals surface area (Å²) in [6.45, 7) is 1.87. The number of thiophene rings is 1. The van der Waals surface area contributed by atoms with E-state index in [2.05, 4.69) is 21.2 Å². The van der Waals surface area contributed by atoms with E-state index in [-0.39, 0.29) is 19.1 Å². The van der Waals surface area contributed by atoms with Crippen molar-refractivity contribution in [3.63, 3.8) is 0 Å². The zero-order valence-corrected chi connectivity index (χ0v) is 14.2. The van der Waals surface area contributed by atoms with Crippen LogP contribution in [-0.4, -0.2) is 25.1 Å². The maximum atomic E-state index is 11.9. The van der Waals surface area contributed by atoms with Gasteiger partial charge in [-0.2, -0.15) is 0 Å². The molecule has 0 atom stereocenters. The van der Waals surface area contributed by atoms with Crippen molar-refractivity contribution in [1.29, 1.82) is 0 Å². The Morgan fingerprint density at radius 3 is 2.77 bits per heavy atom. The Morgan fingerprint density at radius 2 is 2.05 bits per heavy atom. The molecule has 0 saturated heterocycles. The van der Waals surface area contributed by atoms with Crippen LogP contribution in [0.5, 0.6) is 5.75 Å². The summed E-state index contributed by atoms with van der Waals surface area (Å²) in [5.74, 6) is -0.219. The highest BCUT2D eigenvalue weighted by Crippen LogP contribution is 2.25. The van der Waals surface area contributed by atoms with Crippen LogP contribution >= 0.6 is 27.3 Å². The van der Waals surface area contributed by atoms with E-state index in [0.29, 0.717) is 16.3 Å². The molecular weight excluding hydrogens is 370 g/mol. The molecule has 0 aliphatic rings. The quantitative estimate of drug-likeness (QED) is 0.772. The Balaban J connectivity index is 1.94. The predicted molar refractivity (Wildman–Crippen MR) is 88.5 cm³/mol. The van der Waals surface area contributed by atoms with E-state index in [1.807, 2.05) is 18.2 Å². The summed E-state index contributed by atoms with van der Waals surface area (Å²) >= 11 is 4.60. The number of hydrogen-bond acceptors (Lipinski definition) is 5. The van der Waals surface area contributed by atoms with E-state index in [1.54, 1.807) is 24.4 Å². The molecule has 0 aliphatic carbocycles. The van der Waals surface area contributed by atoms with Crippen molar-refractivity contribution in [1.82, 2.24) is 0 Å². The molecule has 22 heavy (non-hydrogen) atoms. The molecule has 1 aromatic heterocycles. The van der Waals surface area contributed by atoms with E-state index in [4.69, 9.17) is 9.47 Å². The maximum Gasteiger partial charge on any atom is 0.341 e. The van der Waals surface area contributed by atoms with Gasteiger partial charge >= 0.3 is 5.97 Å². The summed E-state index contributed by atoms with van der Waals surface area (Å²) < 4.78 is 11.1. The molecule has 0 aliphatic heterocycles. The van der Waals surface area contributed by atoms with Crippen molar-refractivity contribution in [3.8, 4) is 5.75 Å². The molecule has 0 fully saturated rings. The third kappa shape index (κ3) is 4.32. The Hall–Kier alpha value is -1.86. The van der Waals surface area contributed by atoms with Crippen LogP contribution in [0.2, 0.25) is 0 Å². The highest BCUT2D eigenvalue weighted by molar-refractivity contribution is 9.10. The van der Waals surface area contributed by atoms with Crippen molar-refractivity contribution >= 4 is 44.1 Å². The molecule has 2 aromatic rings. The van der Waals surface area contributed by atoms with E-state index in [1.165, 1.54) is 11.3 Å². The second-order valence-corrected chi connectivity index (χ2v) is 5.92. The van der Waals surface area contributed by atoms with Gasteiger partial charge < -0.3 is 14.8 Å². The van der Waals surface area contributed by atoms with Gasteiger partial charge in [-0.3, -0.25) is 4.79 Å². The van der Waals surface area contributed by atoms with Crippen LogP contribution in [0.15, 0.2) is 40.2 Å². The predicted octanol–water partition coefficient (Wildman–Crippen LogP) is 3.70. The first-order valence-electron chi connectivity index (χ1n) is 6.53. The lowest BCUT2D eigenvalue weighted by Crippen LogP contribution is -2.21. The molecule has 1 aromatic carbocycles. The molecule has 0 unspecified atom stereocenters. The van der Waals surface area contributed by atoms with Crippen LogP contribution < -0.4 is 10.1 Å². The zero-order valence-electron chi connectivity index (χ0n) is 11.8. The number of ether oxygens (including phenoxy) is 2. The summed E-state index contributed by atoms with van der Waals surface area (Å²) in [4.78, 5) is 23.7. The fourth-order valence-electron chi connectivity index (χ4n) is 1.64. The molecule has 1 N–H and O–H groups in total. The number of halogens is 1. The van der Waals surface area contributed by atoms with Crippen molar-refractivity contribution in [3.05, 3.63) is 45.7 Å². The lowest BCUT2D eigenvalue weighted by atomic mass is 10.3. The summed E-state index contributed by atoms with van der Waals surface area (Å²) in [6, 6.07) is 8.87. The number of esters is 1. The third-order valence-corrected chi connectivity index (χ3v) is 4.09. The molecule has 5 nitrogen and oxygen atoms in total. The standard InChI is InChI=1S/C15H14BrNO4S/c1-2-20-15(19)10-7-8-22-14(10)17-13(18)9-21-12-6-4-3-5-11(12)16/h3-8H,2,9H2,1H3,(H,17,18). The van der Waals surface area contributed by atoms with Crippen LogP contribution in [0.25, 0.3) is 0 Å². The fourth-order valence-corrected chi connectivity index (χ4v) is 2.83. The topological polar surface area (TPSA) is 64.6 Å². The number of carbonyl (C=O) groups excluding carboxylic acids is 2. The highest BCUT2D eigenvalue weighted by Gasteiger charge is 2.16. The van der Waals surface area contributed by atoms with Crippen molar-refractivity contribution in [2.75, 3.05) is 18.5 Å². The van der Waals surface area contributed by atoms with E-state index < -0.39 is 5.97 Å². The molecule has 1 amide bonds. The molecule has 0 bridgehead atoms. The molecule has 0 spiro atoms. The van der Waals surface area contributed by atoms with Crippen molar-refractivity contribution < 1.29 is 19.1 Å². The minimum absolute atomic E-state index is 0.150. The van der Waals surface area contributed by atoms with Gasteiger partial charge in [-0.15, -0.1) is 11.3 Å². The number of rotatable bonds is 6. The molecule has 2 rings (SSSR count). The second kappa shape index (κ2) is 7.95. The van der Waals surface area contributed by atoms with Gasteiger partial charge in [0.25, 0.3) is 5.91 Å².